The van der Waals surface area contributed by atoms with Crippen LogP contribution in [0.3, 0.4) is 0 Å². The summed E-state index contributed by atoms with van der Waals surface area (Å²) in [7, 11) is 3.17. The monoisotopic (exact) mass is 366 g/mol. The molecule has 0 aliphatic heterocycles. The lowest BCUT2D eigenvalue weighted by Crippen LogP contribution is -1.91. The van der Waals surface area contributed by atoms with Gasteiger partial charge in [0.25, 0.3) is 0 Å². The van der Waals surface area contributed by atoms with Gasteiger partial charge in [-0.25, -0.2) is 13.8 Å². The zero-order valence-corrected chi connectivity index (χ0v) is 14.7. The Bertz CT molecular complexity index is 1120. The molecular formula is C21H16F2N2O2. The quantitative estimate of drug-likeness (QED) is 0.540. The van der Waals surface area contributed by atoms with Crippen molar-refractivity contribution < 1.29 is 18.3 Å². The molecular weight excluding hydrogens is 350 g/mol. The summed E-state index contributed by atoms with van der Waals surface area (Å²) in [5.41, 5.74) is 2.45. The Kier molecular flexibility index (Phi) is 4.24. The lowest BCUT2D eigenvalue weighted by molar-refractivity contribution is 0.395. The van der Waals surface area contributed by atoms with Crippen LogP contribution in [-0.4, -0.2) is 24.2 Å². The second kappa shape index (κ2) is 6.72. The van der Waals surface area contributed by atoms with Crippen molar-refractivity contribution in [1.29, 1.82) is 0 Å². The number of ether oxygens (including phenoxy) is 2. The molecule has 0 bridgehead atoms. The first-order valence-corrected chi connectivity index (χ1v) is 8.26. The molecule has 0 saturated heterocycles. The molecule has 27 heavy (non-hydrogen) atoms. The first kappa shape index (κ1) is 17.0. The van der Waals surface area contributed by atoms with E-state index in [1.165, 1.54) is 18.2 Å². The number of methoxy groups -OCH3 is 2. The SMILES string of the molecule is COc1ccc(-c2cnc3[nH]c(-c4c(F)cccc4F)cc3c2)c(OC)c1. The molecule has 0 amide bonds. The second-order valence-corrected chi connectivity index (χ2v) is 6.01. The molecule has 0 radical (unpaired) electrons. The van der Waals surface area contributed by atoms with Gasteiger partial charge in [0, 0.05) is 28.8 Å². The largest absolute Gasteiger partial charge is 0.497 e. The van der Waals surface area contributed by atoms with Gasteiger partial charge in [0.2, 0.25) is 0 Å². The first-order chi connectivity index (χ1) is 13.1. The molecule has 1 N–H and O–H groups in total. The fourth-order valence-corrected chi connectivity index (χ4v) is 3.09. The van der Waals surface area contributed by atoms with E-state index < -0.39 is 11.6 Å². The fourth-order valence-electron chi connectivity index (χ4n) is 3.09. The number of hydrogen-bond acceptors (Lipinski definition) is 3. The Hall–Kier alpha value is -3.41. The van der Waals surface area contributed by atoms with Gasteiger partial charge >= 0.3 is 0 Å². The highest BCUT2D eigenvalue weighted by atomic mass is 19.1. The van der Waals surface area contributed by atoms with Crippen LogP contribution in [0.15, 0.2) is 54.7 Å². The van der Waals surface area contributed by atoms with Crippen molar-refractivity contribution >= 4 is 11.0 Å². The maximum Gasteiger partial charge on any atom is 0.137 e. The molecule has 2 aromatic carbocycles. The summed E-state index contributed by atoms with van der Waals surface area (Å²) in [5.74, 6) is 0.0761. The molecule has 136 valence electrons. The van der Waals surface area contributed by atoms with E-state index in [4.69, 9.17) is 9.47 Å². The average molecular weight is 366 g/mol. The predicted octanol–water partition coefficient (Wildman–Crippen LogP) is 5.19. The van der Waals surface area contributed by atoms with E-state index in [0.29, 0.717) is 22.8 Å². The molecule has 2 aromatic heterocycles. The first-order valence-electron chi connectivity index (χ1n) is 8.26. The van der Waals surface area contributed by atoms with Crippen LogP contribution in [0.4, 0.5) is 8.78 Å². The molecule has 2 heterocycles. The average Bonchev–Trinajstić information content (AvgIpc) is 3.09. The van der Waals surface area contributed by atoms with Crippen molar-refractivity contribution in [1.82, 2.24) is 9.97 Å². The van der Waals surface area contributed by atoms with Gasteiger partial charge in [0.05, 0.1) is 25.5 Å². The zero-order chi connectivity index (χ0) is 19.0. The van der Waals surface area contributed by atoms with Crippen LogP contribution in [-0.2, 0) is 0 Å². The van der Waals surface area contributed by atoms with Crippen LogP contribution in [0.2, 0.25) is 0 Å². The predicted molar refractivity (Wildman–Crippen MR) is 100.0 cm³/mol. The summed E-state index contributed by atoms with van der Waals surface area (Å²) in [4.78, 5) is 7.37. The molecule has 0 unspecified atom stereocenters. The maximum atomic E-state index is 14.1. The highest BCUT2D eigenvalue weighted by Gasteiger charge is 2.15. The van der Waals surface area contributed by atoms with E-state index in [2.05, 4.69) is 9.97 Å². The third-order valence-electron chi connectivity index (χ3n) is 4.42. The minimum Gasteiger partial charge on any atom is -0.497 e. The molecule has 4 rings (SSSR count). The van der Waals surface area contributed by atoms with Gasteiger partial charge in [-0.1, -0.05) is 6.07 Å². The summed E-state index contributed by atoms with van der Waals surface area (Å²) < 4.78 is 38.8. The Morgan fingerprint density at radius 3 is 2.41 bits per heavy atom. The van der Waals surface area contributed by atoms with Crippen molar-refractivity contribution in [3.63, 3.8) is 0 Å². The number of pyridine rings is 1. The molecule has 6 heteroatoms. The lowest BCUT2D eigenvalue weighted by Gasteiger charge is -2.10. The minimum atomic E-state index is -0.626. The Balaban J connectivity index is 1.82. The number of nitrogens with zero attached hydrogens (tertiary/aromatic N) is 1. The van der Waals surface area contributed by atoms with Gasteiger partial charge in [-0.15, -0.1) is 0 Å². The molecule has 0 atom stereocenters. The summed E-state index contributed by atoms with van der Waals surface area (Å²) in [5, 5.41) is 0.739. The highest BCUT2D eigenvalue weighted by molar-refractivity contribution is 5.87. The van der Waals surface area contributed by atoms with E-state index in [-0.39, 0.29) is 5.56 Å². The van der Waals surface area contributed by atoms with Gasteiger partial charge in [0.1, 0.15) is 28.8 Å². The molecule has 0 fully saturated rings. The van der Waals surface area contributed by atoms with Gasteiger partial charge in [-0.3, -0.25) is 0 Å². The normalized spacial score (nSPS) is 11.0. The van der Waals surface area contributed by atoms with E-state index in [0.717, 1.165) is 16.5 Å². The number of benzene rings is 2. The Morgan fingerprint density at radius 2 is 1.70 bits per heavy atom. The second-order valence-electron chi connectivity index (χ2n) is 6.01. The van der Waals surface area contributed by atoms with Crippen LogP contribution in [0.1, 0.15) is 0 Å². The molecule has 0 aliphatic rings. The Labute approximate surface area is 154 Å². The summed E-state index contributed by atoms with van der Waals surface area (Å²) in [6.07, 6.45) is 1.69. The number of halogens is 2. The summed E-state index contributed by atoms with van der Waals surface area (Å²) >= 11 is 0. The summed E-state index contributed by atoms with van der Waals surface area (Å²) in [6, 6.07) is 12.9. The van der Waals surface area contributed by atoms with Gasteiger partial charge in [0.15, 0.2) is 0 Å². The van der Waals surface area contributed by atoms with Crippen LogP contribution in [0.25, 0.3) is 33.4 Å². The highest BCUT2D eigenvalue weighted by Crippen LogP contribution is 2.35. The fraction of sp³-hybridized carbons (Fsp3) is 0.0952. The third kappa shape index (κ3) is 2.99. The van der Waals surface area contributed by atoms with E-state index >= 15 is 0 Å². The standard InChI is InChI=1S/C21H16F2N2O2/c1-26-14-6-7-15(19(10-14)27-2)13-8-12-9-18(25-21(12)24-11-13)20-16(22)4-3-5-17(20)23/h3-11H,1-2H3,(H,24,25). The third-order valence-corrected chi connectivity index (χ3v) is 4.42. The number of hydrogen-bond donors (Lipinski definition) is 1. The van der Waals surface area contributed by atoms with Crippen molar-refractivity contribution in [3.8, 4) is 33.9 Å². The topological polar surface area (TPSA) is 47.1 Å². The van der Waals surface area contributed by atoms with Gasteiger partial charge in [-0.2, -0.15) is 0 Å². The summed E-state index contributed by atoms with van der Waals surface area (Å²) in [6.45, 7) is 0. The van der Waals surface area contributed by atoms with Gasteiger partial charge in [-0.05, 0) is 36.4 Å². The van der Waals surface area contributed by atoms with E-state index in [9.17, 15) is 8.78 Å². The van der Waals surface area contributed by atoms with Crippen LogP contribution < -0.4 is 9.47 Å². The zero-order valence-electron chi connectivity index (χ0n) is 14.7. The number of aromatic nitrogens is 2. The molecule has 0 saturated carbocycles. The van der Waals surface area contributed by atoms with Crippen LogP contribution in [0.5, 0.6) is 11.5 Å². The van der Waals surface area contributed by atoms with Crippen molar-refractivity contribution in [2.45, 2.75) is 0 Å². The van der Waals surface area contributed by atoms with Crippen molar-refractivity contribution in [3.05, 3.63) is 66.4 Å². The van der Waals surface area contributed by atoms with E-state index in [1.807, 2.05) is 18.2 Å². The number of aromatic amines is 1. The number of nitrogens with one attached hydrogen (secondary N) is 1. The molecule has 0 aliphatic carbocycles. The van der Waals surface area contributed by atoms with Gasteiger partial charge < -0.3 is 14.5 Å². The number of H-pyrrole nitrogens is 1. The van der Waals surface area contributed by atoms with E-state index in [1.54, 1.807) is 32.5 Å². The van der Waals surface area contributed by atoms with Crippen LogP contribution in [0, 0.1) is 11.6 Å². The smallest absolute Gasteiger partial charge is 0.137 e. The number of rotatable bonds is 4. The lowest BCUT2D eigenvalue weighted by atomic mass is 10.0. The molecule has 4 aromatic rings. The van der Waals surface area contributed by atoms with Crippen molar-refractivity contribution in [2.75, 3.05) is 14.2 Å². The Morgan fingerprint density at radius 1 is 0.926 bits per heavy atom. The molecule has 4 nitrogen and oxygen atoms in total. The van der Waals surface area contributed by atoms with Crippen molar-refractivity contribution in [2.24, 2.45) is 0 Å². The van der Waals surface area contributed by atoms with Crippen LogP contribution >= 0.6 is 0 Å². The molecule has 0 spiro atoms. The number of fused-ring (bicyclic) bond motifs is 1. The maximum absolute atomic E-state index is 14.1. The minimum absolute atomic E-state index is 0.0981.